The number of hydrogen-bond donors (Lipinski definition) is 3. The minimum atomic E-state index is 0. The van der Waals surface area contributed by atoms with Crippen LogP contribution in [0.3, 0.4) is 0 Å². The van der Waals surface area contributed by atoms with Gasteiger partial charge in [0.25, 0.3) is 0 Å². The van der Waals surface area contributed by atoms with Crippen LogP contribution in [-0.4, -0.2) is 22.1 Å². The van der Waals surface area contributed by atoms with Crippen molar-refractivity contribution in [2.45, 2.75) is 44.7 Å². The molecule has 0 atom stereocenters. The normalized spacial score (nSPS) is 22.8. The SMILES string of the molecule is CC(C)Nc1cc([C@H]2C[C@H](N)C2)nc(N)n1.Cl. The maximum Gasteiger partial charge on any atom is 0.222 e. The Morgan fingerprint density at radius 2 is 2.00 bits per heavy atom. The first-order chi connectivity index (χ1) is 7.54. The van der Waals surface area contributed by atoms with Gasteiger partial charge in [-0.15, -0.1) is 12.4 Å². The molecule has 0 spiro atoms. The summed E-state index contributed by atoms with van der Waals surface area (Å²) in [4.78, 5) is 8.43. The van der Waals surface area contributed by atoms with Crippen LogP contribution >= 0.6 is 12.4 Å². The molecule has 0 aliphatic heterocycles. The van der Waals surface area contributed by atoms with Gasteiger partial charge in [-0.3, -0.25) is 0 Å². The van der Waals surface area contributed by atoms with Crippen LogP contribution in [0.1, 0.15) is 38.3 Å². The van der Waals surface area contributed by atoms with E-state index < -0.39 is 0 Å². The van der Waals surface area contributed by atoms with Crippen LogP contribution in [-0.2, 0) is 0 Å². The van der Waals surface area contributed by atoms with E-state index in [-0.39, 0.29) is 12.4 Å². The van der Waals surface area contributed by atoms with E-state index in [9.17, 15) is 0 Å². The molecule has 5 nitrogen and oxygen atoms in total. The third-order valence-corrected chi connectivity index (χ3v) is 2.79. The molecule has 0 amide bonds. The van der Waals surface area contributed by atoms with Crippen molar-refractivity contribution in [3.05, 3.63) is 11.8 Å². The van der Waals surface area contributed by atoms with Crippen LogP contribution in [0.2, 0.25) is 0 Å². The highest BCUT2D eigenvalue weighted by atomic mass is 35.5. The molecule has 0 unspecified atom stereocenters. The van der Waals surface area contributed by atoms with Crippen LogP contribution in [0.5, 0.6) is 0 Å². The second-order valence-electron chi connectivity index (χ2n) is 4.76. The Morgan fingerprint density at radius 1 is 1.35 bits per heavy atom. The molecule has 1 heterocycles. The van der Waals surface area contributed by atoms with Gasteiger partial charge in [0.05, 0.1) is 5.69 Å². The molecule has 1 aromatic rings. The average molecular weight is 258 g/mol. The summed E-state index contributed by atoms with van der Waals surface area (Å²) in [5.41, 5.74) is 12.5. The van der Waals surface area contributed by atoms with Crippen molar-refractivity contribution in [1.82, 2.24) is 9.97 Å². The first kappa shape index (κ1) is 14.0. The molecule has 1 aliphatic carbocycles. The highest BCUT2D eigenvalue weighted by Crippen LogP contribution is 2.35. The minimum Gasteiger partial charge on any atom is -0.368 e. The van der Waals surface area contributed by atoms with E-state index in [0.717, 1.165) is 24.4 Å². The van der Waals surface area contributed by atoms with Gasteiger partial charge in [-0.25, -0.2) is 4.98 Å². The smallest absolute Gasteiger partial charge is 0.222 e. The number of nitrogen functional groups attached to an aromatic ring is 1. The maximum absolute atomic E-state index is 5.77. The van der Waals surface area contributed by atoms with Gasteiger partial charge < -0.3 is 16.8 Å². The third kappa shape index (κ3) is 3.44. The minimum absolute atomic E-state index is 0. The van der Waals surface area contributed by atoms with Crippen molar-refractivity contribution in [2.24, 2.45) is 5.73 Å². The maximum atomic E-state index is 5.77. The summed E-state index contributed by atoms with van der Waals surface area (Å²) < 4.78 is 0. The Balaban J connectivity index is 0.00000144. The third-order valence-electron chi connectivity index (χ3n) is 2.79. The molecular weight excluding hydrogens is 238 g/mol. The molecule has 0 radical (unpaired) electrons. The van der Waals surface area contributed by atoms with E-state index in [4.69, 9.17) is 11.5 Å². The van der Waals surface area contributed by atoms with Gasteiger partial charge in [-0.05, 0) is 26.7 Å². The molecular formula is C11H20ClN5. The number of hydrogen-bond acceptors (Lipinski definition) is 5. The lowest BCUT2D eigenvalue weighted by Gasteiger charge is -2.32. The molecule has 1 aliphatic rings. The van der Waals surface area contributed by atoms with Crippen LogP contribution in [0, 0.1) is 0 Å². The lowest BCUT2D eigenvalue weighted by Crippen LogP contribution is -2.35. The van der Waals surface area contributed by atoms with Crippen LogP contribution in [0.15, 0.2) is 6.07 Å². The van der Waals surface area contributed by atoms with Gasteiger partial charge in [0.2, 0.25) is 5.95 Å². The molecule has 0 bridgehead atoms. The van der Waals surface area contributed by atoms with Crippen LogP contribution in [0.4, 0.5) is 11.8 Å². The molecule has 2 rings (SSSR count). The van der Waals surface area contributed by atoms with Crippen molar-refractivity contribution in [3.63, 3.8) is 0 Å². The predicted octanol–water partition coefficient (Wildman–Crippen LogP) is 1.51. The van der Waals surface area contributed by atoms with Gasteiger partial charge in [-0.2, -0.15) is 4.98 Å². The Bertz CT molecular complexity index is 376. The fraction of sp³-hybridized carbons (Fsp3) is 0.636. The Hall–Kier alpha value is -1.07. The molecule has 0 aromatic carbocycles. The molecule has 5 N–H and O–H groups in total. The van der Waals surface area contributed by atoms with Gasteiger partial charge in [0, 0.05) is 24.1 Å². The van der Waals surface area contributed by atoms with Crippen molar-refractivity contribution < 1.29 is 0 Å². The number of nitrogens with one attached hydrogen (secondary N) is 1. The number of aromatic nitrogens is 2. The van der Waals surface area contributed by atoms with Gasteiger partial charge in [0.15, 0.2) is 0 Å². The zero-order valence-corrected chi connectivity index (χ0v) is 11.0. The molecule has 1 saturated carbocycles. The van der Waals surface area contributed by atoms with E-state index in [1.807, 2.05) is 6.07 Å². The second-order valence-corrected chi connectivity index (χ2v) is 4.76. The average Bonchev–Trinajstić information content (AvgIpc) is 2.10. The Kier molecular flexibility index (Phi) is 4.54. The van der Waals surface area contributed by atoms with Gasteiger partial charge in [0.1, 0.15) is 5.82 Å². The second kappa shape index (κ2) is 5.51. The highest BCUT2D eigenvalue weighted by Gasteiger charge is 2.29. The van der Waals surface area contributed by atoms with Crippen LogP contribution in [0.25, 0.3) is 0 Å². The predicted molar refractivity (Wildman–Crippen MR) is 72.4 cm³/mol. The molecule has 1 fully saturated rings. The lowest BCUT2D eigenvalue weighted by atomic mass is 9.78. The van der Waals surface area contributed by atoms with Crippen molar-refractivity contribution >= 4 is 24.2 Å². The quantitative estimate of drug-likeness (QED) is 0.764. The number of rotatable bonds is 3. The van der Waals surface area contributed by atoms with E-state index in [1.54, 1.807) is 0 Å². The molecule has 17 heavy (non-hydrogen) atoms. The van der Waals surface area contributed by atoms with E-state index >= 15 is 0 Å². The lowest BCUT2D eigenvalue weighted by molar-refractivity contribution is 0.345. The first-order valence-electron chi connectivity index (χ1n) is 5.71. The summed E-state index contributed by atoms with van der Waals surface area (Å²) in [5.74, 6) is 1.59. The molecule has 96 valence electrons. The zero-order valence-electron chi connectivity index (χ0n) is 10.2. The number of halogens is 1. The van der Waals surface area contributed by atoms with E-state index in [0.29, 0.717) is 23.9 Å². The van der Waals surface area contributed by atoms with Gasteiger partial charge in [-0.1, -0.05) is 0 Å². The number of nitrogens with two attached hydrogens (primary N) is 2. The van der Waals surface area contributed by atoms with Crippen molar-refractivity contribution in [1.29, 1.82) is 0 Å². The van der Waals surface area contributed by atoms with E-state index in [2.05, 4.69) is 29.1 Å². The molecule has 1 aromatic heterocycles. The summed E-state index contributed by atoms with van der Waals surface area (Å²) in [5, 5.41) is 3.24. The van der Waals surface area contributed by atoms with Crippen LogP contribution < -0.4 is 16.8 Å². The molecule has 6 heteroatoms. The zero-order chi connectivity index (χ0) is 11.7. The standard InChI is InChI=1S/C11H19N5.ClH/c1-6(2)14-10-5-9(15-11(13)16-10)7-3-8(12)4-7;/h5-8H,3-4,12H2,1-2H3,(H3,13,14,15,16);1H/t7-,8-;. The first-order valence-corrected chi connectivity index (χ1v) is 5.71. The largest absolute Gasteiger partial charge is 0.368 e. The van der Waals surface area contributed by atoms with Gasteiger partial charge >= 0.3 is 0 Å². The topological polar surface area (TPSA) is 89.8 Å². The summed E-state index contributed by atoms with van der Waals surface area (Å²) in [7, 11) is 0. The van der Waals surface area contributed by atoms with Crippen molar-refractivity contribution in [3.8, 4) is 0 Å². The van der Waals surface area contributed by atoms with E-state index in [1.165, 1.54) is 0 Å². The summed E-state index contributed by atoms with van der Waals surface area (Å²) in [6, 6.07) is 2.64. The number of nitrogens with zero attached hydrogens (tertiary/aromatic N) is 2. The fourth-order valence-corrected chi connectivity index (χ4v) is 1.97. The molecule has 0 saturated heterocycles. The summed E-state index contributed by atoms with van der Waals surface area (Å²) >= 11 is 0. The number of anilines is 2. The van der Waals surface area contributed by atoms with Crippen molar-refractivity contribution in [2.75, 3.05) is 11.1 Å². The summed E-state index contributed by atoms with van der Waals surface area (Å²) in [6.45, 7) is 4.13. The fourth-order valence-electron chi connectivity index (χ4n) is 1.97. The monoisotopic (exact) mass is 257 g/mol. The summed E-state index contributed by atoms with van der Waals surface area (Å²) in [6.07, 6.45) is 2.00. The highest BCUT2D eigenvalue weighted by molar-refractivity contribution is 5.85. The Labute approximate surface area is 108 Å². The Morgan fingerprint density at radius 3 is 2.53 bits per heavy atom.